The number of nitrogens with zero attached hydrogens (tertiary/aromatic N) is 2. The minimum atomic E-state index is -0.559. The Hall–Kier alpha value is -1.59. The van der Waals surface area contributed by atoms with Crippen LogP contribution in [0.25, 0.3) is 0 Å². The highest BCUT2D eigenvalue weighted by Crippen LogP contribution is 1.89. The van der Waals surface area contributed by atoms with Crippen LogP contribution in [0.3, 0.4) is 0 Å². The maximum atomic E-state index is 9.80. The summed E-state index contributed by atoms with van der Waals surface area (Å²) in [7, 11) is 0. The largest absolute Gasteiger partial charge is 0.348 e. The summed E-state index contributed by atoms with van der Waals surface area (Å²) in [6.45, 7) is 0.315. The van der Waals surface area contributed by atoms with Crippen molar-refractivity contribution in [2.75, 3.05) is 6.54 Å². The zero-order valence-electron chi connectivity index (χ0n) is 5.78. The van der Waals surface area contributed by atoms with E-state index in [9.17, 15) is 10.1 Å². The minimum Gasteiger partial charge on any atom is -0.348 e. The van der Waals surface area contributed by atoms with Crippen LogP contribution in [-0.4, -0.2) is 21.5 Å². The summed E-state index contributed by atoms with van der Waals surface area (Å²) in [6, 6.07) is 0. The molecule has 0 aliphatic carbocycles. The van der Waals surface area contributed by atoms with Crippen molar-refractivity contribution in [3.8, 4) is 0 Å². The number of nitrogens with one attached hydrogen (secondary N) is 2. The number of hydrogen-bond donors (Lipinski definition) is 2. The van der Waals surface area contributed by atoms with Crippen LogP contribution in [0.4, 0.5) is 0 Å². The molecular weight excluding hydrogens is 148 g/mol. The molecule has 0 saturated carbocycles. The van der Waals surface area contributed by atoms with E-state index in [1.54, 1.807) is 12.5 Å². The third kappa shape index (κ3) is 2.65. The smallest absolute Gasteiger partial charge is 0.157 e. The normalized spacial score (nSPS) is 9.45. The Labute approximate surface area is 62.8 Å². The van der Waals surface area contributed by atoms with E-state index in [2.05, 4.69) is 15.4 Å². The highest BCUT2D eigenvalue weighted by atomic mass is 16.7. The van der Waals surface area contributed by atoms with Crippen LogP contribution >= 0.6 is 0 Å². The lowest BCUT2D eigenvalue weighted by molar-refractivity contribution is -0.544. The monoisotopic (exact) mass is 156 g/mol. The number of hydrogen-bond acceptors (Lipinski definition) is 3. The van der Waals surface area contributed by atoms with Crippen molar-refractivity contribution in [3.05, 3.63) is 28.3 Å². The fraction of sp³-hybridized carbons (Fsp3) is 0.400. The summed E-state index contributed by atoms with van der Waals surface area (Å²) in [5.74, 6) is 0. The topological polar surface area (TPSA) is 83.8 Å². The summed E-state index contributed by atoms with van der Waals surface area (Å²) in [6.07, 6.45) is 3.77. The number of nitro groups is 1. The van der Waals surface area contributed by atoms with Crippen molar-refractivity contribution in [1.29, 1.82) is 0 Å². The van der Waals surface area contributed by atoms with Crippen molar-refractivity contribution in [3.63, 3.8) is 0 Å². The summed E-state index contributed by atoms with van der Waals surface area (Å²) in [4.78, 5) is 16.4. The molecule has 2 N–H and O–H groups in total. The van der Waals surface area contributed by atoms with Gasteiger partial charge < -0.3 is 4.98 Å². The minimum absolute atomic E-state index is 0.315. The van der Waals surface area contributed by atoms with E-state index in [0.29, 0.717) is 13.0 Å². The molecule has 1 aromatic rings. The van der Waals surface area contributed by atoms with Crippen LogP contribution in [0, 0.1) is 10.1 Å². The van der Waals surface area contributed by atoms with Crippen LogP contribution in [0.1, 0.15) is 5.69 Å². The highest BCUT2D eigenvalue weighted by molar-refractivity contribution is 4.93. The van der Waals surface area contributed by atoms with Gasteiger partial charge in [0, 0.05) is 18.3 Å². The van der Waals surface area contributed by atoms with Gasteiger partial charge in [0.15, 0.2) is 5.03 Å². The molecule has 6 heteroatoms. The van der Waals surface area contributed by atoms with Gasteiger partial charge in [-0.15, -0.1) is 5.43 Å². The Balaban J connectivity index is 2.19. The Morgan fingerprint density at radius 2 is 2.64 bits per heavy atom. The van der Waals surface area contributed by atoms with Gasteiger partial charge in [-0.05, 0) is 0 Å². The molecule has 0 unspecified atom stereocenters. The Kier molecular flexibility index (Phi) is 2.42. The van der Waals surface area contributed by atoms with Crippen LogP contribution in [-0.2, 0) is 6.42 Å². The number of aromatic nitrogens is 2. The van der Waals surface area contributed by atoms with Crippen LogP contribution < -0.4 is 5.43 Å². The average molecular weight is 156 g/mol. The highest BCUT2D eigenvalue weighted by Gasteiger charge is 1.96. The van der Waals surface area contributed by atoms with Crippen LogP contribution in [0.15, 0.2) is 12.5 Å². The molecule has 0 aliphatic rings. The van der Waals surface area contributed by atoms with E-state index in [1.165, 1.54) is 0 Å². The molecule has 0 radical (unpaired) electrons. The fourth-order valence-corrected chi connectivity index (χ4v) is 0.703. The summed E-state index contributed by atoms with van der Waals surface area (Å²) in [5, 5.41) is 9.24. The maximum Gasteiger partial charge on any atom is 0.157 e. The Morgan fingerprint density at radius 1 is 1.82 bits per heavy atom. The van der Waals surface area contributed by atoms with Crippen LogP contribution in [0.5, 0.6) is 0 Å². The number of aromatic amines is 1. The lowest BCUT2D eigenvalue weighted by atomic mass is 10.3. The molecule has 0 saturated heterocycles. The van der Waals surface area contributed by atoms with E-state index in [-0.39, 0.29) is 0 Å². The van der Waals surface area contributed by atoms with Gasteiger partial charge in [0.05, 0.1) is 12.9 Å². The molecule has 6 nitrogen and oxygen atoms in total. The van der Waals surface area contributed by atoms with E-state index in [0.717, 1.165) is 5.69 Å². The lowest BCUT2D eigenvalue weighted by Crippen LogP contribution is -2.23. The standard InChI is InChI=1S/C5H8N4O2/c10-9(11)8-2-1-5-3-6-4-7-5/h3-4,8H,1-2H2,(H,6,7). The van der Waals surface area contributed by atoms with Gasteiger partial charge >= 0.3 is 0 Å². The molecule has 60 valence electrons. The number of imidazole rings is 1. The van der Waals surface area contributed by atoms with E-state index in [1.807, 2.05) is 0 Å². The lowest BCUT2D eigenvalue weighted by Gasteiger charge is -1.93. The third-order valence-corrected chi connectivity index (χ3v) is 1.19. The first-order chi connectivity index (χ1) is 5.29. The quantitative estimate of drug-likeness (QED) is 0.464. The van der Waals surface area contributed by atoms with Gasteiger partial charge in [-0.1, -0.05) is 0 Å². The van der Waals surface area contributed by atoms with Crippen molar-refractivity contribution in [2.24, 2.45) is 0 Å². The average Bonchev–Trinajstić information content (AvgIpc) is 2.39. The predicted molar refractivity (Wildman–Crippen MR) is 37.3 cm³/mol. The molecule has 0 aliphatic heterocycles. The zero-order valence-corrected chi connectivity index (χ0v) is 5.78. The van der Waals surface area contributed by atoms with Gasteiger partial charge in [0.25, 0.3) is 0 Å². The molecule has 1 rings (SSSR count). The summed E-state index contributed by atoms with van der Waals surface area (Å²) >= 11 is 0. The van der Waals surface area contributed by atoms with Gasteiger partial charge in [-0.3, -0.25) is 0 Å². The van der Waals surface area contributed by atoms with Gasteiger partial charge in [0.2, 0.25) is 0 Å². The van der Waals surface area contributed by atoms with Crippen molar-refractivity contribution in [2.45, 2.75) is 6.42 Å². The first kappa shape index (κ1) is 7.52. The maximum absolute atomic E-state index is 9.80. The number of hydrazine groups is 1. The second-order valence-electron chi connectivity index (χ2n) is 1.99. The van der Waals surface area contributed by atoms with Crippen molar-refractivity contribution < 1.29 is 5.03 Å². The molecule has 0 fully saturated rings. The van der Waals surface area contributed by atoms with Gasteiger partial charge in [-0.25, -0.2) is 15.1 Å². The molecule has 0 bridgehead atoms. The number of rotatable bonds is 4. The second kappa shape index (κ2) is 3.55. The molecule has 0 atom stereocenters. The predicted octanol–water partition coefficient (Wildman–Crippen LogP) is -0.267. The van der Waals surface area contributed by atoms with E-state index in [4.69, 9.17) is 0 Å². The Morgan fingerprint density at radius 3 is 3.18 bits per heavy atom. The molecular formula is C5H8N4O2. The van der Waals surface area contributed by atoms with E-state index < -0.39 is 5.03 Å². The van der Waals surface area contributed by atoms with Crippen LogP contribution in [0.2, 0.25) is 0 Å². The Bertz CT molecular complexity index is 220. The summed E-state index contributed by atoms with van der Waals surface area (Å²) in [5.41, 5.74) is 2.95. The fourth-order valence-electron chi connectivity index (χ4n) is 0.703. The van der Waals surface area contributed by atoms with Gasteiger partial charge in [-0.2, -0.15) is 0 Å². The zero-order chi connectivity index (χ0) is 8.10. The molecule has 1 aromatic heterocycles. The molecule has 0 spiro atoms. The molecule has 0 aromatic carbocycles. The molecule has 1 heterocycles. The van der Waals surface area contributed by atoms with Crippen molar-refractivity contribution >= 4 is 0 Å². The molecule has 11 heavy (non-hydrogen) atoms. The second-order valence-corrected chi connectivity index (χ2v) is 1.99. The van der Waals surface area contributed by atoms with Gasteiger partial charge in [0.1, 0.15) is 0 Å². The first-order valence-electron chi connectivity index (χ1n) is 3.14. The third-order valence-electron chi connectivity index (χ3n) is 1.19. The van der Waals surface area contributed by atoms with E-state index >= 15 is 0 Å². The van der Waals surface area contributed by atoms with Crippen molar-refractivity contribution in [1.82, 2.24) is 15.4 Å². The SMILES string of the molecule is O=[N+]([O-])NCCc1cnc[nH]1. The first-order valence-corrected chi connectivity index (χ1v) is 3.14. The number of H-pyrrole nitrogens is 1. The molecule has 0 amide bonds. The summed E-state index contributed by atoms with van der Waals surface area (Å²) < 4.78 is 0.